The predicted molar refractivity (Wildman–Crippen MR) is 116 cm³/mol. The monoisotopic (exact) mass is 458 g/mol. The van der Waals surface area contributed by atoms with Crippen molar-refractivity contribution in [3.63, 3.8) is 0 Å². The Hall–Kier alpha value is -3.24. The minimum Gasteiger partial charge on any atom is -0.494 e. The van der Waals surface area contributed by atoms with Gasteiger partial charge in [0.2, 0.25) is 10.0 Å². The molecule has 10 heteroatoms. The highest BCUT2D eigenvalue weighted by Gasteiger charge is 2.31. The molecule has 4 rings (SSSR count). The third-order valence-corrected chi connectivity index (χ3v) is 7.17. The number of amides is 1. The number of hydrogen-bond donors (Lipinski definition) is 0. The number of sulfonamides is 1. The summed E-state index contributed by atoms with van der Waals surface area (Å²) in [6.07, 6.45) is 2.95. The maximum atomic E-state index is 13.2. The van der Waals surface area contributed by atoms with Crippen molar-refractivity contribution < 1.29 is 22.3 Å². The number of benzene rings is 2. The quantitative estimate of drug-likeness (QED) is 0.567. The normalized spacial score (nSPS) is 15.0. The van der Waals surface area contributed by atoms with Crippen LogP contribution in [-0.4, -0.2) is 65.9 Å². The molecule has 32 heavy (non-hydrogen) atoms. The predicted octanol–water partition coefficient (Wildman–Crippen LogP) is 2.56. The van der Waals surface area contributed by atoms with Gasteiger partial charge in [-0.3, -0.25) is 9.36 Å². The van der Waals surface area contributed by atoms with E-state index in [4.69, 9.17) is 4.74 Å². The van der Waals surface area contributed by atoms with Crippen molar-refractivity contribution in [1.82, 2.24) is 18.8 Å². The fraction of sp³-hybridized carbons (Fsp3) is 0.273. The lowest BCUT2D eigenvalue weighted by Crippen LogP contribution is -2.50. The molecule has 1 aliphatic heterocycles. The Morgan fingerprint density at radius 3 is 2.31 bits per heavy atom. The maximum Gasteiger partial charge on any atom is 0.272 e. The Bertz CT molecular complexity index is 1190. The number of carbonyl (C=O) groups is 1. The van der Waals surface area contributed by atoms with Crippen LogP contribution in [0.4, 0.5) is 4.39 Å². The van der Waals surface area contributed by atoms with Gasteiger partial charge in [-0.05, 0) is 55.5 Å². The molecule has 2 heterocycles. The van der Waals surface area contributed by atoms with Gasteiger partial charge in [-0.1, -0.05) is 0 Å². The first-order valence-electron chi connectivity index (χ1n) is 10.2. The SMILES string of the molecule is CCOc1ccc(S(=O)(=O)N2CCN(C(=O)c3cncn3-c3ccc(F)cc3)CC2)cc1. The Morgan fingerprint density at radius 1 is 1.03 bits per heavy atom. The molecule has 0 aliphatic carbocycles. The van der Waals surface area contributed by atoms with Gasteiger partial charge in [-0.25, -0.2) is 17.8 Å². The van der Waals surface area contributed by atoms with Crippen LogP contribution in [0, 0.1) is 5.82 Å². The number of rotatable bonds is 6. The van der Waals surface area contributed by atoms with Gasteiger partial charge < -0.3 is 9.64 Å². The largest absolute Gasteiger partial charge is 0.494 e. The first-order chi connectivity index (χ1) is 15.4. The van der Waals surface area contributed by atoms with Crippen molar-refractivity contribution in [3.8, 4) is 11.4 Å². The lowest BCUT2D eigenvalue weighted by atomic mass is 10.2. The van der Waals surface area contributed by atoms with Crippen molar-refractivity contribution in [2.45, 2.75) is 11.8 Å². The van der Waals surface area contributed by atoms with Crippen LogP contribution in [0.5, 0.6) is 5.75 Å². The van der Waals surface area contributed by atoms with Crippen LogP contribution in [0.25, 0.3) is 5.69 Å². The van der Waals surface area contributed by atoms with Crippen LogP contribution in [0.3, 0.4) is 0 Å². The lowest BCUT2D eigenvalue weighted by molar-refractivity contribution is 0.0690. The summed E-state index contributed by atoms with van der Waals surface area (Å²) in [5, 5.41) is 0. The van der Waals surface area contributed by atoms with Crippen molar-refractivity contribution >= 4 is 15.9 Å². The molecule has 0 radical (unpaired) electrons. The number of hydrogen-bond acceptors (Lipinski definition) is 5. The number of piperazine rings is 1. The zero-order chi connectivity index (χ0) is 22.7. The molecule has 0 spiro atoms. The van der Waals surface area contributed by atoms with Gasteiger partial charge in [0.05, 0.1) is 24.0 Å². The molecule has 1 amide bonds. The van der Waals surface area contributed by atoms with Crippen LogP contribution < -0.4 is 4.74 Å². The highest BCUT2D eigenvalue weighted by Crippen LogP contribution is 2.22. The second-order valence-electron chi connectivity index (χ2n) is 7.23. The fourth-order valence-corrected chi connectivity index (χ4v) is 5.00. The van der Waals surface area contributed by atoms with Gasteiger partial charge >= 0.3 is 0 Å². The summed E-state index contributed by atoms with van der Waals surface area (Å²) in [5.41, 5.74) is 0.948. The highest BCUT2D eigenvalue weighted by molar-refractivity contribution is 7.89. The average molecular weight is 459 g/mol. The smallest absolute Gasteiger partial charge is 0.272 e. The molecule has 0 N–H and O–H groups in total. The second-order valence-corrected chi connectivity index (χ2v) is 9.16. The molecule has 0 atom stereocenters. The number of ether oxygens (including phenoxy) is 1. The van der Waals surface area contributed by atoms with Gasteiger partial charge in [-0.15, -0.1) is 0 Å². The van der Waals surface area contributed by atoms with Crippen LogP contribution >= 0.6 is 0 Å². The molecule has 0 saturated carbocycles. The average Bonchev–Trinajstić information content (AvgIpc) is 3.30. The first-order valence-corrected chi connectivity index (χ1v) is 11.6. The summed E-state index contributed by atoms with van der Waals surface area (Å²) in [4.78, 5) is 18.9. The summed E-state index contributed by atoms with van der Waals surface area (Å²) in [6, 6.07) is 12.1. The molecule has 8 nitrogen and oxygen atoms in total. The van der Waals surface area contributed by atoms with Gasteiger partial charge in [0.1, 0.15) is 17.3 Å². The first kappa shape index (κ1) is 22.0. The van der Waals surface area contributed by atoms with E-state index in [1.54, 1.807) is 33.7 Å². The number of halogens is 1. The summed E-state index contributed by atoms with van der Waals surface area (Å²) in [7, 11) is -3.67. The molecule has 0 unspecified atom stereocenters. The number of nitrogens with zero attached hydrogens (tertiary/aromatic N) is 4. The third kappa shape index (κ3) is 4.37. The minimum absolute atomic E-state index is 0.186. The van der Waals surface area contributed by atoms with Gasteiger partial charge in [0.15, 0.2) is 0 Å². The standard InChI is InChI=1S/C22H23FN4O4S/c1-2-31-19-7-9-20(10-8-19)32(29,30)26-13-11-25(12-14-26)22(28)21-15-24-16-27(21)18-5-3-17(23)4-6-18/h3-10,15-16H,2,11-14H2,1H3. The number of aromatic nitrogens is 2. The van der Waals surface area contributed by atoms with E-state index in [0.717, 1.165) is 0 Å². The summed E-state index contributed by atoms with van der Waals surface area (Å²) < 4.78 is 47.5. The molecule has 0 bridgehead atoms. The van der Waals surface area contributed by atoms with Crippen molar-refractivity contribution in [3.05, 3.63) is 72.6 Å². The molecular formula is C22H23FN4O4S. The number of carbonyl (C=O) groups excluding carboxylic acids is 1. The van der Waals surface area contributed by atoms with Crippen LogP contribution in [-0.2, 0) is 10.0 Å². The lowest BCUT2D eigenvalue weighted by Gasteiger charge is -2.34. The summed E-state index contributed by atoms with van der Waals surface area (Å²) >= 11 is 0. The van der Waals surface area contributed by atoms with E-state index >= 15 is 0 Å². The van der Waals surface area contributed by atoms with Gasteiger partial charge in [0.25, 0.3) is 5.91 Å². The van der Waals surface area contributed by atoms with E-state index in [2.05, 4.69) is 4.98 Å². The third-order valence-electron chi connectivity index (χ3n) is 5.26. The van der Waals surface area contributed by atoms with Crippen molar-refractivity contribution in [2.75, 3.05) is 32.8 Å². The van der Waals surface area contributed by atoms with Crippen molar-refractivity contribution in [2.24, 2.45) is 0 Å². The van der Waals surface area contributed by atoms with E-state index in [-0.39, 0.29) is 42.8 Å². The van der Waals surface area contributed by atoms with E-state index < -0.39 is 10.0 Å². The summed E-state index contributed by atoms with van der Waals surface area (Å²) in [6.45, 7) is 3.24. The van der Waals surface area contributed by atoms with Crippen LogP contribution in [0.1, 0.15) is 17.4 Å². The van der Waals surface area contributed by atoms with E-state index in [1.807, 2.05) is 6.92 Å². The molecule has 168 valence electrons. The van der Waals surface area contributed by atoms with Gasteiger partial charge in [0, 0.05) is 31.9 Å². The second kappa shape index (κ2) is 9.09. The van der Waals surface area contributed by atoms with E-state index in [9.17, 15) is 17.6 Å². The molecule has 1 aromatic heterocycles. The minimum atomic E-state index is -3.67. The van der Waals surface area contributed by atoms with Gasteiger partial charge in [-0.2, -0.15) is 4.31 Å². The van der Waals surface area contributed by atoms with Crippen LogP contribution in [0.15, 0.2) is 66.0 Å². The molecule has 1 fully saturated rings. The summed E-state index contributed by atoms with van der Waals surface area (Å²) in [5.74, 6) is -0.0174. The van der Waals surface area contributed by atoms with Crippen molar-refractivity contribution in [1.29, 1.82) is 0 Å². The Kier molecular flexibility index (Phi) is 6.24. The fourth-order valence-electron chi connectivity index (χ4n) is 3.58. The van der Waals surface area contributed by atoms with E-state index in [0.29, 0.717) is 23.7 Å². The Morgan fingerprint density at radius 2 is 1.69 bits per heavy atom. The Labute approximate surface area is 185 Å². The topological polar surface area (TPSA) is 84.7 Å². The van der Waals surface area contributed by atoms with E-state index in [1.165, 1.54) is 41.1 Å². The highest BCUT2D eigenvalue weighted by atomic mass is 32.2. The zero-order valence-electron chi connectivity index (χ0n) is 17.5. The molecule has 3 aromatic rings. The molecular weight excluding hydrogens is 435 g/mol. The molecule has 1 aliphatic rings. The molecule has 2 aromatic carbocycles. The zero-order valence-corrected chi connectivity index (χ0v) is 18.3. The van der Waals surface area contributed by atoms with Crippen LogP contribution in [0.2, 0.25) is 0 Å². The maximum absolute atomic E-state index is 13.2. The molecule has 1 saturated heterocycles. The Balaban J connectivity index is 1.44. The number of imidazole rings is 1.